The normalized spacial score (nSPS) is 19.9. The lowest BCUT2D eigenvalue weighted by Crippen LogP contribution is -2.37. The predicted molar refractivity (Wildman–Crippen MR) is 74.7 cm³/mol. The highest BCUT2D eigenvalue weighted by atomic mass is 79.9. The van der Waals surface area contributed by atoms with E-state index >= 15 is 0 Å². The lowest BCUT2D eigenvalue weighted by atomic mass is 10.3. The maximum Gasteiger partial charge on any atom is 0.404 e. The van der Waals surface area contributed by atoms with Crippen LogP contribution in [0.3, 0.4) is 0 Å². The van der Waals surface area contributed by atoms with Crippen LogP contribution in [0.25, 0.3) is 0 Å². The molecule has 1 aromatic heterocycles. The molecule has 1 amide bonds. The average Bonchev–Trinajstić information content (AvgIpc) is 2.80. The quantitative estimate of drug-likeness (QED) is 0.714. The molecule has 1 atom stereocenters. The molecular formula is C10H13BrN4O4S. The molecule has 0 bridgehead atoms. The van der Waals surface area contributed by atoms with Crippen LogP contribution in [-0.2, 0) is 10.0 Å². The first kappa shape index (κ1) is 15.0. The second kappa shape index (κ2) is 5.54. The lowest BCUT2D eigenvalue weighted by Gasteiger charge is -2.17. The van der Waals surface area contributed by atoms with Gasteiger partial charge in [0.15, 0.2) is 0 Å². The van der Waals surface area contributed by atoms with Gasteiger partial charge in [0, 0.05) is 29.8 Å². The maximum atomic E-state index is 12.4. The first-order chi connectivity index (χ1) is 9.30. The summed E-state index contributed by atoms with van der Waals surface area (Å²) >= 11 is 3.15. The van der Waals surface area contributed by atoms with E-state index < -0.39 is 22.2 Å². The van der Waals surface area contributed by atoms with Crippen LogP contribution in [0.15, 0.2) is 21.6 Å². The van der Waals surface area contributed by atoms with E-state index in [1.165, 1.54) is 16.6 Å². The Hall–Kier alpha value is -1.39. The Morgan fingerprint density at radius 3 is 2.95 bits per heavy atom. The van der Waals surface area contributed by atoms with E-state index in [-0.39, 0.29) is 23.8 Å². The van der Waals surface area contributed by atoms with Crippen LogP contribution in [-0.4, -0.2) is 48.0 Å². The molecule has 1 saturated heterocycles. The van der Waals surface area contributed by atoms with Crippen molar-refractivity contribution in [1.82, 2.24) is 14.6 Å². The number of halogens is 1. The van der Waals surface area contributed by atoms with Crippen molar-refractivity contribution in [3.05, 3.63) is 16.7 Å². The van der Waals surface area contributed by atoms with Crippen molar-refractivity contribution < 1.29 is 18.3 Å². The molecule has 0 unspecified atom stereocenters. The number of amides is 1. The summed E-state index contributed by atoms with van der Waals surface area (Å²) in [4.78, 5) is 14.3. The smallest absolute Gasteiger partial charge is 0.404 e. The van der Waals surface area contributed by atoms with E-state index in [2.05, 4.69) is 26.2 Å². The van der Waals surface area contributed by atoms with E-state index in [0.717, 1.165) is 0 Å². The van der Waals surface area contributed by atoms with Crippen molar-refractivity contribution in [3.8, 4) is 0 Å². The molecule has 0 aromatic carbocycles. The molecule has 8 nitrogen and oxygen atoms in total. The summed E-state index contributed by atoms with van der Waals surface area (Å²) in [6, 6.07) is 0.971. The van der Waals surface area contributed by atoms with Gasteiger partial charge in [0.2, 0.25) is 10.0 Å². The van der Waals surface area contributed by atoms with Crippen LogP contribution >= 0.6 is 15.9 Å². The second-order valence-corrected chi connectivity index (χ2v) is 7.16. The van der Waals surface area contributed by atoms with E-state index in [1.807, 2.05) is 0 Å². The standard InChI is InChI=1S/C10H13BrN4O4S/c11-6-3-8(9(12)13-4-6)20(18,19)15-2-1-7(5-15)14-10(16)17/h3-4,7,14H,1-2,5H2,(H2,12,13)(H,16,17)/t7-/m0/s1. The first-order valence-electron chi connectivity index (χ1n) is 5.71. The summed E-state index contributed by atoms with van der Waals surface area (Å²) in [5.41, 5.74) is 5.61. The molecule has 2 rings (SSSR count). The largest absolute Gasteiger partial charge is 0.465 e. The average molecular weight is 365 g/mol. The Kier molecular flexibility index (Phi) is 4.16. The molecule has 0 radical (unpaired) electrons. The van der Waals surface area contributed by atoms with Gasteiger partial charge in [-0.1, -0.05) is 0 Å². The minimum atomic E-state index is -3.78. The number of pyridine rings is 1. The Bertz CT molecular complexity index is 636. The summed E-state index contributed by atoms with van der Waals surface area (Å²) in [5.74, 6) is -0.0807. The summed E-state index contributed by atoms with van der Waals surface area (Å²) in [5, 5.41) is 10.9. The fourth-order valence-corrected chi connectivity index (χ4v) is 4.09. The van der Waals surface area contributed by atoms with Gasteiger partial charge in [-0.2, -0.15) is 4.31 Å². The van der Waals surface area contributed by atoms with Gasteiger partial charge >= 0.3 is 6.09 Å². The SMILES string of the molecule is Nc1ncc(Br)cc1S(=O)(=O)N1CC[C@H](NC(=O)O)C1. The van der Waals surface area contributed by atoms with Gasteiger partial charge in [0.1, 0.15) is 10.7 Å². The van der Waals surface area contributed by atoms with E-state index in [9.17, 15) is 13.2 Å². The molecule has 2 heterocycles. The van der Waals surface area contributed by atoms with Crippen LogP contribution in [0.1, 0.15) is 6.42 Å². The summed E-state index contributed by atoms with van der Waals surface area (Å²) in [6.45, 7) is 0.319. The van der Waals surface area contributed by atoms with Gasteiger partial charge in [-0.15, -0.1) is 0 Å². The Morgan fingerprint density at radius 2 is 2.30 bits per heavy atom. The van der Waals surface area contributed by atoms with E-state index in [4.69, 9.17) is 10.8 Å². The molecule has 0 aliphatic carbocycles. The van der Waals surface area contributed by atoms with E-state index in [1.54, 1.807) is 0 Å². The zero-order valence-electron chi connectivity index (χ0n) is 10.3. The fraction of sp³-hybridized carbons (Fsp3) is 0.400. The zero-order valence-corrected chi connectivity index (χ0v) is 12.7. The molecule has 1 aliphatic heterocycles. The molecule has 1 aliphatic rings. The van der Waals surface area contributed by atoms with Gasteiger partial charge in [-0.3, -0.25) is 0 Å². The van der Waals surface area contributed by atoms with Crippen LogP contribution in [0.4, 0.5) is 10.6 Å². The minimum absolute atomic E-state index is 0.0807. The van der Waals surface area contributed by atoms with Gasteiger partial charge < -0.3 is 16.2 Å². The van der Waals surface area contributed by atoms with E-state index in [0.29, 0.717) is 10.9 Å². The van der Waals surface area contributed by atoms with Crippen molar-refractivity contribution in [2.45, 2.75) is 17.4 Å². The number of nitrogens with one attached hydrogen (secondary N) is 1. The third-order valence-corrected chi connectivity index (χ3v) is 5.27. The number of hydrogen-bond donors (Lipinski definition) is 3. The number of aromatic nitrogens is 1. The number of nitrogens with zero attached hydrogens (tertiary/aromatic N) is 2. The highest BCUT2D eigenvalue weighted by Gasteiger charge is 2.34. The molecule has 0 spiro atoms. The van der Waals surface area contributed by atoms with Crippen molar-refractivity contribution in [1.29, 1.82) is 0 Å². The molecule has 10 heteroatoms. The molecule has 110 valence electrons. The van der Waals surface area contributed by atoms with Crippen molar-refractivity contribution in [2.24, 2.45) is 0 Å². The monoisotopic (exact) mass is 364 g/mol. The Labute approximate surface area is 124 Å². The fourth-order valence-electron chi connectivity index (χ4n) is 2.02. The van der Waals surface area contributed by atoms with Crippen molar-refractivity contribution in [2.75, 3.05) is 18.8 Å². The van der Waals surface area contributed by atoms with Crippen LogP contribution in [0.5, 0.6) is 0 Å². The second-order valence-electron chi connectivity index (χ2n) is 4.34. The number of rotatable bonds is 3. The van der Waals surface area contributed by atoms with Gasteiger partial charge in [0.05, 0.1) is 0 Å². The summed E-state index contributed by atoms with van der Waals surface area (Å²) in [6.07, 6.45) is 0.665. The molecule has 1 fully saturated rings. The summed E-state index contributed by atoms with van der Waals surface area (Å²) in [7, 11) is -3.78. The molecule has 20 heavy (non-hydrogen) atoms. The van der Waals surface area contributed by atoms with Crippen molar-refractivity contribution in [3.63, 3.8) is 0 Å². The van der Waals surface area contributed by atoms with Crippen molar-refractivity contribution >= 4 is 37.9 Å². The van der Waals surface area contributed by atoms with Gasteiger partial charge in [-0.05, 0) is 28.4 Å². The molecule has 1 aromatic rings. The van der Waals surface area contributed by atoms with Crippen LogP contribution in [0, 0.1) is 0 Å². The highest BCUT2D eigenvalue weighted by Crippen LogP contribution is 2.26. The highest BCUT2D eigenvalue weighted by molar-refractivity contribution is 9.10. The number of carboxylic acid groups (broad SMARTS) is 1. The summed E-state index contributed by atoms with van der Waals surface area (Å²) < 4.78 is 26.6. The first-order valence-corrected chi connectivity index (χ1v) is 7.94. The zero-order chi connectivity index (χ0) is 14.9. The maximum absolute atomic E-state index is 12.4. The number of nitrogens with two attached hydrogens (primary N) is 1. The Balaban J connectivity index is 2.24. The lowest BCUT2D eigenvalue weighted by molar-refractivity contribution is 0.190. The molecule has 0 saturated carbocycles. The number of hydrogen-bond acceptors (Lipinski definition) is 5. The number of carbonyl (C=O) groups is 1. The third kappa shape index (κ3) is 3.02. The minimum Gasteiger partial charge on any atom is -0.465 e. The molecular weight excluding hydrogens is 352 g/mol. The number of anilines is 1. The van der Waals surface area contributed by atoms with Gasteiger partial charge in [-0.25, -0.2) is 18.2 Å². The Morgan fingerprint density at radius 1 is 1.60 bits per heavy atom. The van der Waals surface area contributed by atoms with Gasteiger partial charge in [0.25, 0.3) is 0 Å². The topological polar surface area (TPSA) is 126 Å². The van der Waals surface area contributed by atoms with Crippen LogP contribution in [0.2, 0.25) is 0 Å². The third-order valence-electron chi connectivity index (χ3n) is 2.94. The number of sulfonamides is 1. The number of nitrogen functional groups attached to an aromatic ring is 1. The van der Waals surface area contributed by atoms with Crippen LogP contribution < -0.4 is 11.1 Å². The molecule has 4 N–H and O–H groups in total. The predicted octanol–water partition coefficient (Wildman–Crippen LogP) is 0.457.